The molecule has 5 rings (SSSR count). The van der Waals surface area contributed by atoms with Crippen LogP contribution in [0.15, 0.2) is 48.7 Å². The summed E-state index contributed by atoms with van der Waals surface area (Å²) in [7, 11) is 0. The number of rotatable bonds is 15. The van der Waals surface area contributed by atoms with E-state index in [4.69, 9.17) is 10.7 Å². The number of carbonyl (C=O) groups is 2. The topological polar surface area (TPSA) is 106 Å². The second kappa shape index (κ2) is 16.2. The largest absolute Gasteiger partial charge is 0.435 e. The lowest BCUT2D eigenvalue weighted by atomic mass is 9.96. The maximum atomic E-state index is 13.4. The number of halogens is 2. The van der Waals surface area contributed by atoms with Crippen LogP contribution >= 0.6 is 0 Å². The maximum Gasteiger partial charge on any atom is 0.387 e. The van der Waals surface area contributed by atoms with Crippen molar-refractivity contribution in [1.29, 1.82) is 0 Å². The second-order valence-corrected chi connectivity index (χ2v) is 12.8. The van der Waals surface area contributed by atoms with E-state index in [2.05, 4.69) is 26.4 Å². The number of benzene rings is 2. The first-order valence-corrected chi connectivity index (χ1v) is 17.1. The van der Waals surface area contributed by atoms with Crippen LogP contribution in [0.5, 0.6) is 5.75 Å². The van der Waals surface area contributed by atoms with Gasteiger partial charge < -0.3 is 25.3 Å². The standard InChI is InChI=1S/C36H48F2N6O3/c1-3-4-5-6-7-8-9-18-42-20-21-44-31(26-12-15-29(16-13-26)47-36(37)38)23-40-33(44)34(42)41-28-14-17-30(25(2)22-28)35(46)43-19-10-11-27(24-43)32(39)45/h12-17,22-23,27,34,36,41H,3-11,18-21,24H2,1-2H3,(H2,39,45). The molecule has 1 saturated heterocycles. The number of hydrogen-bond donors (Lipinski definition) is 2. The first kappa shape index (κ1) is 34.3. The Bertz CT molecular complexity index is 1490. The van der Waals surface area contributed by atoms with E-state index in [0.717, 1.165) is 60.8 Å². The van der Waals surface area contributed by atoms with Crippen LogP contribution in [-0.4, -0.2) is 64.0 Å². The SMILES string of the molecule is CCCCCCCCCN1CCn2c(-c3ccc(OC(F)F)cc3)cnc2C1Nc1ccc(C(=O)N2CCCC(C(N)=O)C2)c(C)c1. The first-order chi connectivity index (χ1) is 22.7. The molecule has 0 radical (unpaired) electrons. The summed E-state index contributed by atoms with van der Waals surface area (Å²) in [6, 6.07) is 12.5. The maximum absolute atomic E-state index is 13.4. The number of imidazole rings is 1. The molecule has 254 valence electrons. The van der Waals surface area contributed by atoms with E-state index in [9.17, 15) is 18.4 Å². The summed E-state index contributed by atoms with van der Waals surface area (Å²) < 4.78 is 32.1. The molecule has 1 aromatic heterocycles. The normalized spacial score (nSPS) is 18.3. The van der Waals surface area contributed by atoms with Crippen LogP contribution in [-0.2, 0) is 11.3 Å². The van der Waals surface area contributed by atoms with Crippen LogP contribution in [0, 0.1) is 12.8 Å². The van der Waals surface area contributed by atoms with Gasteiger partial charge in [0.1, 0.15) is 17.7 Å². The van der Waals surface area contributed by atoms with Gasteiger partial charge in [-0.05, 0) is 74.2 Å². The molecule has 2 amide bonds. The average Bonchev–Trinajstić information content (AvgIpc) is 3.49. The number of amides is 2. The molecule has 2 aliphatic rings. The van der Waals surface area contributed by atoms with Gasteiger partial charge in [-0.15, -0.1) is 0 Å². The highest BCUT2D eigenvalue weighted by atomic mass is 19.3. The fourth-order valence-corrected chi connectivity index (χ4v) is 6.79. The number of nitrogens with zero attached hydrogens (tertiary/aromatic N) is 4. The highest BCUT2D eigenvalue weighted by Crippen LogP contribution is 2.33. The highest BCUT2D eigenvalue weighted by molar-refractivity contribution is 5.96. The molecule has 2 atom stereocenters. The van der Waals surface area contributed by atoms with Gasteiger partial charge in [-0.2, -0.15) is 8.78 Å². The zero-order valence-electron chi connectivity index (χ0n) is 27.6. The minimum atomic E-state index is -2.87. The van der Waals surface area contributed by atoms with E-state index in [1.165, 1.54) is 38.5 Å². The smallest absolute Gasteiger partial charge is 0.387 e. The third kappa shape index (κ3) is 8.68. The van der Waals surface area contributed by atoms with Gasteiger partial charge >= 0.3 is 6.61 Å². The number of fused-ring (bicyclic) bond motifs is 1. The monoisotopic (exact) mass is 650 g/mol. The number of piperidine rings is 1. The van der Waals surface area contributed by atoms with Crippen molar-refractivity contribution in [3.05, 3.63) is 65.6 Å². The van der Waals surface area contributed by atoms with Crippen LogP contribution in [0.1, 0.15) is 92.6 Å². The quantitative estimate of drug-likeness (QED) is 0.172. The molecular formula is C36H48F2N6O3. The van der Waals surface area contributed by atoms with Crippen molar-refractivity contribution in [1.82, 2.24) is 19.4 Å². The molecule has 0 saturated carbocycles. The number of carbonyl (C=O) groups excluding carboxylic acids is 2. The van der Waals surface area contributed by atoms with Crippen molar-refractivity contribution in [2.45, 2.75) is 91.0 Å². The Kier molecular flexibility index (Phi) is 11.8. The predicted octanol–water partition coefficient (Wildman–Crippen LogP) is 6.97. The molecule has 0 aliphatic carbocycles. The van der Waals surface area contributed by atoms with E-state index in [-0.39, 0.29) is 29.6 Å². The van der Waals surface area contributed by atoms with Crippen LogP contribution in [0.2, 0.25) is 0 Å². The Labute approximate surface area is 276 Å². The van der Waals surface area contributed by atoms with E-state index in [1.807, 2.05) is 31.3 Å². The fourth-order valence-electron chi connectivity index (χ4n) is 6.79. The van der Waals surface area contributed by atoms with Crippen molar-refractivity contribution < 1.29 is 23.1 Å². The molecule has 47 heavy (non-hydrogen) atoms. The van der Waals surface area contributed by atoms with Gasteiger partial charge in [0.15, 0.2) is 0 Å². The van der Waals surface area contributed by atoms with Crippen molar-refractivity contribution in [2.24, 2.45) is 11.7 Å². The zero-order valence-corrected chi connectivity index (χ0v) is 27.6. The lowest BCUT2D eigenvalue weighted by Crippen LogP contribution is -2.44. The van der Waals surface area contributed by atoms with Gasteiger partial charge in [-0.25, -0.2) is 4.98 Å². The van der Waals surface area contributed by atoms with Crippen LogP contribution in [0.3, 0.4) is 0 Å². The summed E-state index contributed by atoms with van der Waals surface area (Å²) in [5.74, 6) is 0.258. The fraction of sp³-hybridized carbons (Fsp3) is 0.528. The van der Waals surface area contributed by atoms with E-state index in [1.54, 1.807) is 29.2 Å². The molecule has 2 aliphatic heterocycles. The van der Waals surface area contributed by atoms with E-state index < -0.39 is 6.61 Å². The summed E-state index contributed by atoms with van der Waals surface area (Å²) in [6.45, 7) is 4.78. The number of nitrogens with two attached hydrogens (primary N) is 1. The van der Waals surface area contributed by atoms with E-state index >= 15 is 0 Å². The molecule has 3 aromatic rings. The number of primary amides is 1. The van der Waals surface area contributed by atoms with Crippen LogP contribution in [0.4, 0.5) is 14.5 Å². The molecule has 2 unspecified atom stereocenters. The number of aryl methyl sites for hydroxylation is 1. The van der Waals surface area contributed by atoms with Crippen molar-refractivity contribution in [3.63, 3.8) is 0 Å². The number of likely N-dealkylation sites (tertiary alicyclic amines) is 1. The predicted molar refractivity (Wildman–Crippen MR) is 179 cm³/mol. The summed E-state index contributed by atoms with van der Waals surface area (Å²) in [5.41, 5.74) is 9.69. The van der Waals surface area contributed by atoms with Crippen molar-refractivity contribution >= 4 is 17.5 Å². The first-order valence-electron chi connectivity index (χ1n) is 17.1. The van der Waals surface area contributed by atoms with Gasteiger partial charge in [0.25, 0.3) is 5.91 Å². The Balaban J connectivity index is 1.34. The molecule has 9 nitrogen and oxygen atoms in total. The lowest BCUT2D eigenvalue weighted by molar-refractivity contribution is -0.123. The third-order valence-corrected chi connectivity index (χ3v) is 9.40. The highest BCUT2D eigenvalue weighted by Gasteiger charge is 2.32. The third-order valence-electron chi connectivity index (χ3n) is 9.40. The molecule has 11 heteroatoms. The molecule has 1 fully saturated rings. The minimum absolute atomic E-state index is 0.0802. The molecular weight excluding hydrogens is 602 g/mol. The van der Waals surface area contributed by atoms with Gasteiger partial charge in [-0.3, -0.25) is 14.5 Å². The number of alkyl halides is 2. The van der Waals surface area contributed by atoms with Gasteiger partial charge in [0.2, 0.25) is 5.91 Å². The summed E-state index contributed by atoms with van der Waals surface area (Å²) in [5, 5.41) is 3.71. The number of hydrogen-bond acceptors (Lipinski definition) is 6. The molecule has 0 spiro atoms. The van der Waals surface area contributed by atoms with Gasteiger partial charge in [0, 0.05) is 49.5 Å². The van der Waals surface area contributed by atoms with Gasteiger partial charge in [0.05, 0.1) is 17.8 Å². The molecule has 3 heterocycles. The number of unbranched alkanes of at least 4 members (excludes halogenated alkanes) is 6. The minimum Gasteiger partial charge on any atom is -0.435 e. The van der Waals surface area contributed by atoms with Crippen molar-refractivity contribution in [3.8, 4) is 17.0 Å². The van der Waals surface area contributed by atoms with Gasteiger partial charge in [-0.1, -0.05) is 45.4 Å². The Hall–Kier alpha value is -3.99. The molecule has 0 bridgehead atoms. The average molecular weight is 651 g/mol. The summed E-state index contributed by atoms with van der Waals surface area (Å²) >= 11 is 0. The Morgan fingerprint density at radius 2 is 1.77 bits per heavy atom. The van der Waals surface area contributed by atoms with Crippen LogP contribution < -0.4 is 15.8 Å². The Morgan fingerprint density at radius 3 is 2.47 bits per heavy atom. The van der Waals surface area contributed by atoms with E-state index in [0.29, 0.717) is 25.1 Å². The van der Waals surface area contributed by atoms with Crippen molar-refractivity contribution in [2.75, 3.05) is 31.5 Å². The number of ether oxygens (including phenoxy) is 1. The Morgan fingerprint density at radius 1 is 1.02 bits per heavy atom. The van der Waals surface area contributed by atoms with Crippen LogP contribution in [0.25, 0.3) is 11.3 Å². The summed E-state index contributed by atoms with van der Waals surface area (Å²) in [6.07, 6.45) is 11.7. The number of aromatic nitrogens is 2. The number of nitrogens with one attached hydrogen (secondary N) is 1. The molecule has 3 N–H and O–H groups in total. The summed E-state index contributed by atoms with van der Waals surface area (Å²) in [4.78, 5) is 34.3. The second-order valence-electron chi connectivity index (χ2n) is 12.8. The zero-order chi connectivity index (χ0) is 33.3. The lowest BCUT2D eigenvalue weighted by Gasteiger charge is -2.37. The number of anilines is 1. The molecule has 2 aromatic carbocycles.